The summed E-state index contributed by atoms with van der Waals surface area (Å²) >= 11 is 0. The fourth-order valence-electron chi connectivity index (χ4n) is 6.69. The molecule has 0 aromatic rings. The van der Waals surface area contributed by atoms with E-state index >= 15 is 0 Å². The molecule has 35 heavy (non-hydrogen) atoms. The van der Waals surface area contributed by atoms with Crippen molar-refractivity contribution in [2.24, 2.45) is 53.3 Å². The van der Waals surface area contributed by atoms with E-state index in [0.717, 1.165) is 53.3 Å². The second-order valence-electron chi connectivity index (χ2n) is 13.8. The standard InChI is InChI=1S/C35H72/c1-12-18-28(5)19-15-16-20-29(6)23-24-32(9)31(8)21-17-22-35(14-3)34(11)33(10)26-30(7)25-27(4)13-2/h27-35H,12-26H2,1-11H3. The van der Waals surface area contributed by atoms with Crippen LogP contribution in [0.3, 0.4) is 0 Å². The molecule has 0 aliphatic rings. The Morgan fingerprint density at radius 3 is 1.51 bits per heavy atom. The highest BCUT2D eigenvalue weighted by atomic mass is 14.3. The van der Waals surface area contributed by atoms with Gasteiger partial charge in [-0.25, -0.2) is 0 Å². The molecule has 9 atom stereocenters. The van der Waals surface area contributed by atoms with E-state index in [9.17, 15) is 0 Å². The predicted molar refractivity (Wildman–Crippen MR) is 163 cm³/mol. The molecule has 0 aromatic carbocycles. The molecular weight excluding hydrogens is 420 g/mol. The van der Waals surface area contributed by atoms with Gasteiger partial charge >= 0.3 is 0 Å². The SMILES string of the molecule is CCCC(C)CCCCC(C)CCC(C)C(C)CCCC(CC)C(C)C(C)CC(C)CC(C)CC. The fraction of sp³-hybridized carbons (Fsp3) is 1.00. The average molecular weight is 493 g/mol. The van der Waals surface area contributed by atoms with E-state index in [4.69, 9.17) is 0 Å². The first-order chi connectivity index (χ1) is 16.5. The van der Waals surface area contributed by atoms with Crippen molar-refractivity contribution in [2.75, 3.05) is 0 Å². The lowest BCUT2D eigenvalue weighted by atomic mass is 9.75. The molecule has 0 saturated heterocycles. The molecule has 0 fully saturated rings. The third-order valence-electron chi connectivity index (χ3n) is 10.2. The molecular formula is C35H72. The van der Waals surface area contributed by atoms with Crippen molar-refractivity contribution in [1.29, 1.82) is 0 Å². The summed E-state index contributed by atoms with van der Waals surface area (Å²) in [5.41, 5.74) is 0. The maximum absolute atomic E-state index is 2.56. The van der Waals surface area contributed by atoms with Gasteiger partial charge < -0.3 is 0 Å². The summed E-state index contributed by atoms with van der Waals surface area (Å²) in [7, 11) is 0. The van der Waals surface area contributed by atoms with Gasteiger partial charge in [0.05, 0.1) is 0 Å². The minimum Gasteiger partial charge on any atom is -0.0654 e. The molecule has 0 saturated carbocycles. The summed E-state index contributed by atoms with van der Waals surface area (Å²) in [5, 5.41) is 0. The van der Waals surface area contributed by atoms with E-state index < -0.39 is 0 Å². The molecule has 0 rings (SSSR count). The topological polar surface area (TPSA) is 0 Å². The Bertz CT molecular complexity index is 453. The van der Waals surface area contributed by atoms with Crippen LogP contribution in [0.2, 0.25) is 0 Å². The molecule has 212 valence electrons. The number of unbranched alkanes of at least 4 members (excludes halogenated alkanes) is 1. The summed E-state index contributed by atoms with van der Waals surface area (Å²) in [6.45, 7) is 27.1. The zero-order valence-corrected chi connectivity index (χ0v) is 26.8. The van der Waals surface area contributed by atoms with Crippen LogP contribution in [0.5, 0.6) is 0 Å². The Kier molecular flexibility index (Phi) is 21.0. The molecule has 0 heteroatoms. The highest BCUT2D eigenvalue weighted by Gasteiger charge is 2.24. The molecule has 0 bridgehead atoms. The molecule has 0 nitrogen and oxygen atoms in total. The Balaban J connectivity index is 4.19. The van der Waals surface area contributed by atoms with Gasteiger partial charge in [-0.1, -0.05) is 160 Å². The van der Waals surface area contributed by atoms with Crippen molar-refractivity contribution in [2.45, 2.75) is 172 Å². The average Bonchev–Trinajstić information content (AvgIpc) is 2.82. The molecule has 0 amide bonds. The molecule has 0 aliphatic heterocycles. The number of hydrogen-bond acceptors (Lipinski definition) is 0. The van der Waals surface area contributed by atoms with Crippen molar-refractivity contribution in [3.05, 3.63) is 0 Å². The van der Waals surface area contributed by atoms with E-state index in [1.54, 1.807) is 0 Å². The Labute approximate surface area is 225 Å². The first-order valence-corrected chi connectivity index (χ1v) is 16.5. The third-order valence-corrected chi connectivity index (χ3v) is 10.2. The van der Waals surface area contributed by atoms with Gasteiger partial charge in [-0.2, -0.15) is 0 Å². The van der Waals surface area contributed by atoms with Crippen LogP contribution < -0.4 is 0 Å². The van der Waals surface area contributed by atoms with Crippen LogP contribution in [0.1, 0.15) is 172 Å². The van der Waals surface area contributed by atoms with Crippen molar-refractivity contribution in [3.63, 3.8) is 0 Å². The van der Waals surface area contributed by atoms with Gasteiger partial charge in [-0.3, -0.25) is 0 Å². The van der Waals surface area contributed by atoms with Crippen LogP contribution in [-0.2, 0) is 0 Å². The molecule has 0 radical (unpaired) electrons. The summed E-state index contributed by atoms with van der Waals surface area (Å²) in [6, 6.07) is 0. The highest BCUT2D eigenvalue weighted by molar-refractivity contribution is 4.74. The summed E-state index contributed by atoms with van der Waals surface area (Å²) in [5.74, 6) is 8.06. The molecule has 0 N–H and O–H groups in total. The Morgan fingerprint density at radius 2 is 0.971 bits per heavy atom. The third kappa shape index (κ3) is 17.2. The zero-order valence-electron chi connectivity index (χ0n) is 26.8. The Hall–Kier alpha value is 0. The van der Waals surface area contributed by atoms with Crippen LogP contribution in [0.4, 0.5) is 0 Å². The second-order valence-corrected chi connectivity index (χ2v) is 13.8. The van der Waals surface area contributed by atoms with E-state index in [1.807, 2.05) is 0 Å². The Morgan fingerprint density at radius 1 is 0.400 bits per heavy atom. The highest BCUT2D eigenvalue weighted by Crippen LogP contribution is 2.34. The van der Waals surface area contributed by atoms with Crippen molar-refractivity contribution in [3.8, 4) is 0 Å². The summed E-state index contributed by atoms with van der Waals surface area (Å²) in [6.07, 6.45) is 21.3. The van der Waals surface area contributed by atoms with Crippen molar-refractivity contribution in [1.82, 2.24) is 0 Å². The van der Waals surface area contributed by atoms with Crippen LogP contribution in [-0.4, -0.2) is 0 Å². The fourth-order valence-corrected chi connectivity index (χ4v) is 6.69. The molecule has 0 aromatic heterocycles. The van der Waals surface area contributed by atoms with Gasteiger partial charge in [0.1, 0.15) is 0 Å². The minimum absolute atomic E-state index is 0.867. The minimum atomic E-state index is 0.867. The molecule has 9 unspecified atom stereocenters. The molecule has 0 aliphatic carbocycles. The molecule has 0 spiro atoms. The lowest BCUT2D eigenvalue weighted by Gasteiger charge is -2.31. The van der Waals surface area contributed by atoms with E-state index in [-0.39, 0.29) is 0 Å². The van der Waals surface area contributed by atoms with Gasteiger partial charge in [0, 0.05) is 0 Å². The number of hydrogen-bond donors (Lipinski definition) is 0. The smallest absolute Gasteiger partial charge is 0.0389 e. The first kappa shape index (κ1) is 35.0. The quantitative estimate of drug-likeness (QED) is 0.124. The lowest BCUT2D eigenvalue weighted by Crippen LogP contribution is -2.21. The molecule has 0 heterocycles. The lowest BCUT2D eigenvalue weighted by molar-refractivity contribution is 0.195. The largest absolute Gasteiger partial charge is 0.0654 e. The van der Waals surface area contributed by atoms with Gasteiger partial charge in [0.15, 0.2) is 0 Å². The van der Waals surface area contributed by atoms with E-state index in [0.29, 0.717) is 0 Å². The van der Waals surface area contributed by atoms with Crippen molar-refractivity contribution >= 4 is 0 Å². The van der Waals surface area contributed by atoms with E-state index in [1.165, 1.54) is 96.3 Å². The number of rotatable bonds is 23. The monoisotopic (exact) mass is 493 g/mol. The zero-order chi connectivity index (χ0) is 26.8. The maximum atomic E-state index is 2.56. The maximum Gasteiger partial charge on any atom is -0.0389 e. The van der Waals surface area contributed by atoms with E-state index in [2.05, 4.69) is 76.2 Å². The predicted octanol–water partition coefficient (Wildman–Crippen LogP) is 12.6. The summed E-state index contributed by atoms with van der Waals surface area (Å²) < 4.78 is 0. The van der Waals surface area contributed by atoms with Crippen LogP contribution >= 0.6 is 0 Å². The van der Waals surface area contributed by atoms with Crippen LogP contribution in [0.25, 0.3) is 0 Å². The van der Waals surface area contributed by atoms with Gasteiger partial charge in [0.2, 0.25) is 0 Å². The summed E-state index contributed by atoms with van der Waals surface area (Å²) in [4.78, 5) is 0. The van der Waals surface area contributed by atoms with Gasteiger partial charge in [0.25, 0.3) is 0 Å². The van der Waals surface area contributed by atoms with Crippen LogP contribution in [0, 0.1) is 53.3 Å². The second kappa shape index (κ2) is 21.0. The van der Waals surface area contributed by atoms with Gasteiger partial charge in [-0.15, -0.1) is 0 Å². The van der Waals surface area contributed by atoms with Crippen molar-refractivity contribution < 1.29 is 0 Å². The first-order valence-electron chi connectivity index (χ1n) is 16.5. The van der Waals surface area contributed by atoms with Crippen LogP contribution in [0.15, 0.2) is 0 Å². The normalized spacial score (nSPS) is 20.0. The van der Waals surface area contributed by atoms with Gasteiger partial charge in [-0.05, 0) is 66.1 Å².